The lowest BCUT2D eigenvalue weighted by Crippen LogP contribution is -2.25. The molecule has 0 aliphatic heterocycles. The first-order chi connectivity index (χ1) is 12.0. The van der Waals surface area contributed by atoms with Gasteiger partial charge in [0.25, 0.3) is 5.91 Å². The van der Waals surface area contributed by atoms with Crippen LogP contribution in [0.15, 0.2) is 29.1 Å². The van der Waals surface area contributed by atoms with E-state index in [1.165, 1.54) is 11.3 Å². The number of hydrogen-bond donors (Lipinski definition) is 2. The van der Waals surface area contributed by atoms with Gasteiger partial charge in [-0.05, 0) is 30.9 Å². The van der Waals surface area contributed by atoms with Gasteiger partial charge in [-0.1, -0.05) is 0 Å². The van der Waals surface area contributed by atoms with Gasteiger partial charge in [-0.3, -0.25) is 14.3 Å². The Morgan fingerprint density at radius 3 is 2.96 bits per heavy atom. The normalized spacial score (nSPS) is 10.8. The summed E-state index contributed by atoms with van der Waals surface area (Å²) < 4.78 is 1.71. The van der Waals surface area contributed by atoms with E-state index in [4.69, 9.17) is 0 Å². The Kier molecular flexibility index (Phi) is 5.08. The molecule has 2 amide bonds. The molecule has 7 nitrogen and oxygen atoms in total. The minimum atomic E-state index is -0.108. The molecule has 3 heterocycles. The molecule has 0 aliphatic rings. The second kappa shape index (κ2) is 7.43. The third-order valence-corrected chi connectivity index (χ3v) is 4.48. The second-order valence-corrected chi connectivity index (χ2v) is 6.50. The number of hydrogen-bond acceptors (Lipinski definition) is 5. The number of thiophene rings is 1. The fourth-order valence-electron chi connectivity index (χ4n) is 2.55. The van der Waals surface area contributed by atoms with Crippen LogP contribution in [-0.4, -0.2) is 33.1 Å². The van der Waals surface area contributed by atoms with Crippen molar-refractivity contribution in [3.63, 3.8) is 0 Å². The van der Waals surface area contributed by atoms with Crippen LogP contribution in [0.1, 0.15) is 28.9 Å². The fraction of sp³-hybridized carbons (Fsp3) is 0.294. The molecule has 3 aromatic heterocycles. The van der Waals surface area contributed by atoms with Crippen LogP contribution in [0.5, 0.6) is 0 Å². The van der Waals surface area contributed by atoms with Gasteiger partial charge in [-0.15, -0.1) is 0 Å². The van der Waals surface area contributed by atoms with Gasteiger partial charge in [0.05, 0.1) is 17.6 Å². The predicted molar refractivity (Wildman–Crippen MR) is 97.8 cm³/mol. The van der Waals surface area contributed by atoms with Gasteiger partial charge in [0.15, 0.2) is 5.65 Å². The van der Waals surface area contributed by atoms with Crippen LogP contribution in [0.4, 0.5) is 5.69 Å². The highest BCUT2D eigenvalue weighted by Gasteiger charge is 2.09. The lowest BCUT2D eigenvalue weighted by atomic mass is 10.2. The molecule has 25 heavy (non-hydrogen) atoms. The molecule has 0 bridgehead atoms. The fourth-order valence-corrected chi connectivity index (χ4v) is 3.18. The molecule has 3 aromatic rings. The number of pyridine rings is 1. The van der Waals surface area contributed by atoms with Crippen LogP contribution in [-0.2, 0) is 11.8 Å². The Labute approximate surface area is 149 Å². The average molecular weight is 357 g/mol. The number of nitrogens with zero attached hydrogens (tertiary/aromatic N) is 3. The largest absolute Gasteiger partial charge is 0.352 e. The van der Waals surface area contributed by atoms with Crippen LogP contribution in [0.2, 0.25) is 0 Å². The van der Waals surface area contributed by atoms with Gasteiger partial charge in [0.1, 0.15) is 0 Å². The SMILES string of the molecule is Cc1nn(C)c2ncc(NC(=O)CCCNC(=O)c3ccsc3)cc12. The Bertz CT molecular complexity index is 901. The van der Waals surface area contributed by atoms with Gasteiger partial charge in [-0.2, -0.15) is 16.4 Å². The zero-order chi connectivity index (χ0) is 17.8. The maximum atomic E-state index is 12.0. The zero-order valence-corrected chi connectivity index (χ0v) is 14.9. The monoisotopic (exact) mass is 357 g/mol. The zero-order valence-electron chi connectivity index (χ0n) is 14.1. The van der Waals surface area contributed by atoms with E-state index in [1.54, 1.807) is 22.3 Å². The van der Waals surface area contributed by atoms with E-state index < -0.39 is 0 Å². The lowest BCUT2D eigenvalue weighted by Gasteiger charge is -2.06. The molecule has 0 fully saturated rings. The standard InChI is InChI=1S/C17H19N5O2S/c1-11-14-8-13(9-19-16(14)22(2)21-11)20-15(23)4-3-6-18-17(24)12-5-7-25-10-12/h5,7-10H,3-4,6H2,1-2H3,(H,18,24)(H,20,23). The molecule has 0 saturated heterocycles. The Morgan fingerprint density at radius 1 is 1.36 bits per heavy atom. The summed E-state index contributed by atoms with van der Waals surface area (Å²) in [6.07, 6.45) is 2.52. The first-order valence-electron chi connectivity index (χ1n) is 7.94. The summed E-state index contributed by atoms with van der Waals surface area (Å²) in [7, 11) is 1.84. The quantitative estimate of drug-likeness (QED) is 0.663. The molecule has 8 heteroatoms. The van der Waals surface area contributed by atoms with Crippen LogP contribution in [0.3, 0.4) is 0 Å². The average Bonchev–Trinajstić information content (AvgIpc) is 3.21. The van der Waals surface area contributed by atoms with E-state index in [2.05, 4.69) is 20.7 Å². The number of aromatic nitrogens is 3. The minimum Gasteiger partial charge on any atom is -0.352 e. The first kappa shape index (κ1) is 17.1. The number of carbonyl (C=O) groups is 2. The summed E-state index contributed by atoms with van der Waals surface area (Å²) in [5.41, 5.74) is 2.96. The topological polar surface area (TPSA) is 88.9 Å². The molecule has 130 valence electrons. The molecule has 0 radical (unpaired) electrons. The van der Waals surface area contributed by atoms with Crippen molar-refractivity contribution >= 4 is 39.9 Å². The van der Waals surface area contributed by atoms with E-state index in [9.17, 15) is 9.59 Å². The van der Waals surface area contributed by atoms with Crippen molar-refractivity contribution < 1.29 is 9.59 Å². The van der Waals surface area contributed by atoms with Gasteiger partial charge in [0, 0.05) is 36.3 Å². The van der Waals surface area contributed by atoms with Crippen molar-refractivity contribution in [3.8, 4) is 0 Å². The maximum absolute atomic E-state index is 12.0. The van der Waals surface area contributed by atoms with Crippen molar-refractivity contribution in [2.24, 2.45) is 7.05 Å². The van der Waals surface area contributed by atoms with Crippen molar-refractivity contribution in [2.45, 2.75) is 19.8 Å². The van der Waals surface area contributed by atoms with E-state index in [0.29, 0.717) is 30.6 Å². The molecular formula is C17H19N5O2S. The Balaban J connectivity index is 1.48. The molecule has 0 aromatic carbocycles. The van der Waals surface area contributed by atoms with E-state index in [1.807, 2.05) is 25.4 Å². The molecule has 0 spiro atoms. The highest BCUT2D eigenvalue weighted by molar-refractivity contribution is 7.08. The van der Waals surface area contributed by atoms with Gasteiger partial charge < -0.3 is 10.6 Å². The molecule has 0 aliphatic carbocycles. The maximum Gasteiger partial charge on any atom is 0.252 e. The molecule has 0 atom stereocenters. The lowest BCUT2D eigenvalue weighted by molar-refractivity contribution is -0.116. The second-order valence-electron chi connectivity index (χ2n) is 5.72. The summed E-state index contributed by atoms with van der Waals surface area (Å²) in [5, 5.41) is 14.5. The molecular weight excluding hydrogens is 338 g/mol. The van der Waals surface area contributed by atoms with Crippen molar-refractivity contribution in [1.29, 1.82) is 0 Å². The van der Waals surface area contributed by atoms with Crippen LogP contribution >= 0.6 is 11.3 Å². The van der Waals surface area contributed by atoms with Gasteiger partial charge in [-0.25, -0.2) is 4.98 Å². The third kappa shape index (κ3) is 4.03. The van der Waals surface area contributed by atoms with Crippen molar-refractivity contribution in [1.82, 2.24) is 20.1 Å². The molecule has 2 N–H and O–H groups in total. The van der Waals surface area contributed by atoms with E-state index in [0.717, 1.165) is 16.7 Å². The first-order valence-corrected chi connectivity index (χ1v) is 8.88. The summed E-state index contributed by atoms with van der Waals surface area (Å²) in [5.74, 6) is -0.212. The van der Waals surface area contributed by atoms with E-state index in [-0.39, 0.29) is 11.8 Å². The van der Waals surface area contributed by atoms with Gasteiger partial charge >= 0.3 is 0 Å². The number of amides is 2. The number of nitrogens with one attached hydrogen (secondary N) is 2. The predicted octanol–water partition coefficient (Wildman–Crippen LogP) is 2.49. The van der Waals surface area contributed by atoms with Crippen molar-refractivity contribution in [3.05, 3.63) is 40.3 Å². The van der Waals surface area contributed by atoms with Crippen molar-refractivity contribution in [2.75, 3.05) is 11.9 Å². The number of fused-ring (bicyclic) bond motifs is 1. The van der Waals surface area contributed by atoms with E-state index >= 15 is 0 Å². The summed E-state index contributed by atoms with van der Waals surface area (Å²) in [6.45, 7) is 2.37. The Morgan fingerprint density at radius 2 is 2.20 bits per heavy atom. The molecule has 3 rings (SSSR count). The number of anilines is 1. The van der Waals surface area contributed by atoms with Crippen LogP contribution < -0.4 is 10.6 Å². The Hall–Kier alpha value is -2.74. The highest BCUT2D eigenvalue weighted by Crippen LogP contribution is 2.19. The summed E-state index contributed by atoms with van der Waals surface area (Å²) in [4.78, 5) is 28.2. The summed E-state index contributed by atoms with van der Waals surface area (Å²) in [6, 6.07) is 3.65. The number of rotatable bonds is 6. The summed E-state index contributed by atoms with van der Waals surface area (Å²) >= 11 is 1.48. The molecule has 0 saturated carbocycles. The number of aryl methyl sites for hydroxylation is 2. The molecule has 0 unspecified atom stereocenters. The van der Waals surface area contributed by atoms with Crippen LogP contribution in [0.25, 0.3) is 11.0 Å². The van der Waals surface area contributed by atoms with Gasteiger partial charge in [0.2, 0.25) is 5.91 Å². The third-order valence-electron chi connectivity index (χ3n) is 3.80. The minimum absolute atomic E-state index is 0.104. The van der Waals surface area contributed by atoms with Crippen LogP contribution in [0, 0.1) is 6.92 Å². The smallest absolute Gasteiger partial charge is 0.252 e. The number of carbonyl (C=O) groups excluding carboxylic acids is 2. The highest BCUT2D eigenvalue weighted by atomic mass is 32.1.